The minimum atomic E-state index is -0.999. The molecule has 0 atom stereocenters. The molecule has 0 fully saturated rings. The summed E-state index contributed by atoms with van der Waals surface area (Å²) in [4.78, 5) is 35.6. The minimum Gasteiger partial charge on any atom is -0.507 e. The van der Waals surface area contributed by atoms with Crippen LogP contribution in [0.1, 0.15) is 47.1 Å². The molecule has 1 aromatic carbocycles. The van der Waals surface area contributed by atoms with Crippen LogP contribution < -0.4 is 0 Å². The largest absolute Gasteiger partial charge is 0.507 e. The van der Waals surface area contributed by atoms with E-state index in [-0.39, 0.29) is 37.4 Å². The van der Waals surface area contributed by atoms with E-state index >= 15 is 0 Å². The normalized spacial score (nSPS) is 10.1. The third kappa shape index (κ3) is 4.37. The molecular formula is C16H20O8. The molecule has 0 saturated carbocycles. The highest BCUT2D eigenvalue weighted by molar-refractivity contribution is 6.03. The molecule has 24 heavy (non-hydrogen) atoms. The molecule has 8 nitrogen and oxygen atoms in total. The summed E-state index contributed by atoms with van der Waals surface area (Å²) in [7, 11) is 0. The molecule has 0 unspecified atom stereocenters. The van der Waals surface area contributed by atoms with Gasteiger partial charge in [0.15, 0.2) is 0 Å². The van der Waals surface area contributed by atoms with Crippen LogP contribution in [0.4, 0.5) is 0 Å². The van der Waals surface area contributed by atoms with Crippen LogP contribution in [0.5, 0.6) is 11.5 Å². The molecular weight excluding hydrogens is 320 g/mol. The Labute approximate surface area is 138 Å². The SMILES string of the molecule is CCOC(=O)Cc1cc(O)c(C(=O)OCC)c(O)c1C(=O)OCC. The second-order valence-electron chi connectivity index (χ2n) is 4.58. The van der Waals surface area contributed by atoms with Crippen LogP contribution in [0, 0.1) is 0 Å². The van der Waals surface area contributed by atoms with Crippen molar-refractivity contribution in [2.75, 3.05) is 19.8 Å². The lowest BCUT2D eigenvalue weighted by Crippen LogP contribution is -2.16. The summed E-state index contributed by atoms with van der Waals surface area (Å²) in [5.41, 5.74) is -0.965. The van der Waals surface area contributed by atoms with Gasteiger partial charge in [-0.1, -0.05) is 0 Å². The molecule has 0 aliphatic carbocycles. The summed E-state index contributed by atoms with van der Waals surface area (Å²) >= 11 is 0. The second kappa shape index (κ2) is 8.76. The van der Waals surface area contributed by atoms with E-state index in [4.69, 9.17) is 14.2 Å². The maximum Gasteiger partial charge on any atom is 0.345 e. The van der Waals surface area contributed by atoms with E-state index in [1.54, 1.807) is 20.8 Å². The Morgan fingerprint density at radius 1 is 0.875 bits per heavy atom. The van der Waals surface area contributed by atoms with Gasteiger partial charge in [-0.15, -0.1) is 0 Å². The zero-order chi connectivity index (χ0) is 18.3. The quantitative estimate of drug-likeness (QED) is 0.567. The third-order valence-corrected chi connectivity index (χ3v) is 2.96. The molecule has 0 bridgehead atoms. The standard InChI is InChI=1S/C16H20O8/c1-4-22-11(18)8-9-7-10(17)13(16(21)24-6-3)14(19)12(9)15(20)23-5-2/h7,17,19H,4-6,8H2,1-3H3. The average Bonchev–Trinajstić information content (AvgIpc) is 2.47. The average molecular weight is 340 g/mol. The van der Waals surface area contributed by atoms with Crippen LogP contribution in [0.15, 0.2) is 6.07 Å². The van der Waals surface area contributed by atoms with Gasteiger partial charge in [0.05, 0.1) is 26.2 Å². The molecule has 1 rings (SSSR count). The van der Waals surface area contributed by atoms with Crippen molar-refractivity contribution in [2.24, 2.45) is 0 Å². The van der Waals surface area contributed by atoms with Crippen LogP contribution >= 0.6 is 0 Å². The fraction of sp³-hybridized carbons (Fsp3) is 0.438. The Hall–Kier alpha value is -2.77. The van der Waals surface area contributed by atoms with Gasteiger partial charge in [-0.25, -0.2) is 9.59 Å². The fourth-order valence-electron chi connectivity index (χ4n) is 2.05. The van der Waals surface area contributed by atoms with Crippen LogP contribution in [0.25, 0.3) is 0 Å². The first-order valence-electron chi connectivity index (χ1n) is 7.44. The summed E-state index contributed by atoms with van der Waals surface area (Å²) in [6.07, 6.45) is -0.383. The van der Waals surface area contributed by atoms with E-state index in [2.05, 4.69) is 0 Å². The molecule has 0 spiro atoms. The van der Waals surface area contributed by atoms with E-state index in [0.717, 1.165) is 6.07 Å². The van der Waals surface area contributed by atoms with Gasteiger partial charge in [-0.3, -0.25) is 4.79 Å². The topological polar surface area (TPSA) is 119 Å². The molecule has 0 radical (unpaired) electrons. The maximum absolute atomic E-state index is 12.1. The molecule has 2 N–H and O–H groups in total. The zero-order valence-corrected chi connectivity index (χ0v) is 13.7. The lowest BCUT2D eigenvalue weighted by Gasteiger charge is -2.14. The maximum atomic E-state index is 12.1. The lowest BCUT2D eigenvalue weighted by atomic mass is 9.98. The van der Waals surface area contributed by atoms with Gasteiger partial charge >= 0.3 is 17.9 Å². The summed E-state index contributed by atoms with van der Waals surface area (Å²) in [6.45, 7) is 4.89. The van der Waals surface area contributed by atoms with E-state index in [9.17, 15) is 24.6 Å². The number of benzene rings is 1. The van der Waals surface area contributed by atoms with E-state index in [1.165, 1.54) is 0 Å². The first kappa shape index (κ1) is 19.3. The molecule has 132 valence electrons. The summed E-state index contributed by atoms with van der Waals surface area (Å²) in [5, 5.41) is 20.3. The van der Waals surface area contributed by atoms with Gasteiger partial charge < -0.3 is 24.4 Å². The molecule has 1 aromatic rings. The molecule has 0 aliphatic heterocycles. The predicted molar refractivity (Wildman–Crippen MR) is 82.0 cm³/mol. The predicted octanol–water partition coefficient (Wildman–Crippen LogP) is 1.56. The van der Waals surface area contributed by atoms with Crippen molar-refractivity contribution < 1.29 is 38.8 Å². The van der Waals surface area contributed by atoms with Crippen LogP contribution in [0.3, 0.4) is 0 Å². The van der Waals surface area contributed by atoms with Crippen LogP contribution in [-0.2, 0) is 25.4 Å². The Balaban J connectivity index is 3.45. The number of phenols is 2. The van der Waals surface area contributed by atoms with Gasteiger partial charge in [0.1, 0.15) is 22.6 Å². The number of carbonyl (C=O) groups is 3. The molecule has 8 heteroatoms. The number of hydrogen-bond donors (Lipinski definition) is 2. The number of aromatic hydroxyl groups is 2. The van der Waals surface area contributed by atoms with Crippen LogP contribution in [-0.4, -0.2) is 47.9 Å². The first-order chi connectivity index (χ1) is 11.4. The minimum absolute atomic E-state index is 0.0109. The first-order valence-corrected chi connectivity index (χ1v) is 7.44. The summed E-state index contributed by atoms with van der Waals surface area (Å²) in [5.74, 6) is -4.00. The zero-order valence-electron chi connectivity index (χ0n) is 13.7. The molecule has 0 saturated heterocycles. The van der Waals surface area contributed by atoms with Crippen molar-refractivity contribution in [3.05, 3.63) is 22.8 Å². The second-order valence-corrected chi connectivity index (χ2v) is 4.58. The van der Waals surface area contributed by atoms with Crippen molar-refractivity contribution in [1.29, 1.82) is 0 Å². The van der Waals surface area contributed by atoms with Crippen molar-refractivity contribution in [1.82, 2.24) is 0 Å². The summed E-state index contributed by atoms with van der Waals surface area (Å²) < 4.78 is 14.4. The van der Waals surface area contributed by atoms with E-state index in [1.807, 2.05) is 0 Å². The van der Waals surface area contributed by atoms with E-state index in [0.29, 0.717) is 0 Å². The molecule has 0 heterocycles. The number of rotatable bonds is 7. The van der Waals surface area contributed by atoms with Gasteiger partial charge in [0.2, 0.25) is 0 Å². The lowest BCUT2D eigenvalue weighted by molar-refractivity contribution is -0.142. The van der Waals surface area contributed by atoms with E-state index < -0.39 is 35.0 Å². The highest BCUT2D eigenvalue weighted by atomic mass is 16.5. The Morgan fingerprint density at radius 3 is 1.88 bits per heavy atom. The highest BCUT2D eigenvalue weighted by Gasteiger charge is 2.29. The smallest absolute Gasteiger partial charge is 0.345 e. The summed E-state index contributed by atoms with van der Waals surface area (Å²) in [6, 6.07) is 1.04. The fourth-order valence-corrected chi connectivity index (χ4v) is 2.05. The number of carbonyl (C=O) groups excluding carboxylic acids is 3. The van der Waals surface area contributed by atoms with Crippen molar-refractivity contribution >= 4 is 17.9 Å². The monoisotopic (exact) mass is 340 g/mol. The van der Waals surface area contributed by atoms with Crippen molar-refractivity contribution in [3.8, 4) is 11.5 Å². The van der Waals surface area contributed by atoms with Gasteiger partial charge in [-0.2, -0.15) is 0 Å². The number of phenolic OH excluding ortho intramolecular Hbond substituents is 2. The van der Waals surface area contributed by atoms with Gasteiger partial charge in [0.25, 0.3) is 0 Å². The van der Waals surface area contributed by atoms with Crippen LogP contribution in [0.2, 0.25) is 0 Å². The molecule has 0 amide bonds. The Kier molecular flexibility index (Phi) is 7.03. The number of ether oxygens (including phenoxy) is 3. The highest BCUT2D eigenvalue weighted by Crippen LogP contribution is 2.35. The van der Waals surface area contributed by atoms with Crippen molar-refractivity contribution in [2.45, 2.75) is 27.2 Å². The number of hydrogen-bond acceptors (Lipinski definition) is 8. The van der Waals surface area contributed by atoms with Gasteiger partial charge in [0, 0.05) is 0 Å². The van der Waals surface area contributed by atoms with Gasteiger partial charge in [-0.05, 0) is 32.4 Å². The van der Waals surface area contributed by atoms with Crippen molar-refractivity contribution in [3.63, 3.8) is 0 Å². The molecule has 0 aromatic heterocycles. The Bertz CT molecular complexity index is 635. The number of esters is 3. The third-order valence-electron chi connectivity index (χ3n) is 2.96. The molecule has 0 aliphatic rings. The Morgan fingerprint density at radius 2 is 1.38 bits per heavy atom.